The van der Waals surface area contributed by atoms with Gasteiger partial charge < -0.3 is 10.6 Å². The van der Waals surface area contributed by atoms with Crippen LogP contribution in [0.3, 0.4) is 0 Å². The van der Waals surface area contributed by atoms with Gasteiger partial charge in [0.2, 0.25) is 10.0 Å². The Morgan fingerprint density at radius 3 is 2.41 bits per heavy atom. The summed E-state index contributed by atoms with van der Waals surface area (Å²) in [5.74, 6) is 0.553. The summed E-state index contributed by atoms with van der Waals surface area (Å²) in [4.78, 5) is 4.14. The van der Waals surface area contributed by atoms with E-state index in [2.05, 4.69) is 52.4 Å². The molecular weight excluding hydrogens is 360 g/mol. The van der Waals surface area contributed by atoms with Gasteiger partial charge in [-0.2, -0.15) is 0 Å². The molecule has 0 aliphatic heterocycles. The van der Waals surface area contributed by atoms with Crippen molar-refractivity contribution in [2.75, 3.05) is 19.3 Å². The monoisotopic (exact) mass is 388 g/mol. The average Bonchev–Trinajstić information content (AvgIpc) is 2.65. The highest BCUT2D eigenvalue weighted by atomic mass is 32.2. The van der Waals surface area contributed by atoms with Gasteiger partial charge >= 0.3 is 0 Å². The fourth-order valence-corrected chi connectivity index (χ4v) is 3.51. The predicted octanol–water partition coefficient (Wildman–Crippen LogP) is 2.09. The van der Waals surface area contributed by atoms with Gasteiger partial charge in [-0.3, -0.25) is 4.99 Å². The number of hydrogen-bond acceptors (Lipinski definition) is 3. The summed E-state index contributed by atoms with van der Waals surface area (Å²) in [6.45, 7) is 5.34. The minimum atomic E-state index is -3.36. The Hall–Kier alpha value is -2.38. The number of hydrogen-bond donors (Lipinski definition) is 3. The van der Waals surface area contributed by atoms with Crippen LogP contribution in [0.1, 0.15) is 22.3 Å². The first-order valence-electron chi connectivity index (χ1n) is 8.91. The van der Waals surface area contributed by atoms with Gasteiger partial charge in [0.25, 0.3) is 0 Å². The van der Waals surface area contributed by atoms with Crippen molar-refractivity contribution in [3.8, 4) is 0 Å². The summed E-state index contributed by atoms with van der Waals surface area (Å²) in [5.41, 5.74) is 4.55. The zero-order valence-electron chi connectivity index (χ0n) is 16.1. The number of rotatable bonds is 8. The lowest BCUT2D eigenvalue weighted by Gasteiger charge is -2.14. The highest BCUT2D eigenvalue weighted by molar-refractivity contribution is 7.89. The number of nitrogens with one attached hydrogen (secondary N) is 3. The molecule has 2 aromatic carbocycles. The zero-order valence-corrected chi connectivity index (χ0v) is 16.9. The third-order valence-corrected chi connectivity index (χ3v) is 5.50. The van der Waals surface area contributed by atoms with Crippen LogP contribution in [-0.2, 0) is 23.1 Å². The van der Waals surface area contributed by atoms with Crippen molar-refractivity contribution < 1.29 is 8.42 Å². The van der Waals surface area contributed by atoms with Gasteiger partial charge in [0.15, 0.2) is 5.96 Å². The number of aliphatic imine (C=N–C) groups is 1. The molecule has 0 radical (unpaired) electrons. The number of aryl methyl sites for hydroxylation is 2. The van der Waals surface area contributed by atoms with Crippen LogP contribution in [0.4, 0.5) is 0 Å². The van der Waals surface area contributed by atoms with Crippen LogP contribution in [0.25, 0.3) is 0 Å². The molecule has 0 aromatic heterocycles. The van der Waals surface area contributed by atoms with E-state index in [4.69, 9.17) is 0 Å². The van der Waals surface area contributed by atoms with Gasteiger partial charge in [-0.15, -0.1) is 0 Å². The molecule has 2 rings (SSSR count). The first kappa shape index (κ1) is 20.9. The lowest BCUT2D eigenvalue weighted by atomic mass is 10.1. The lowest BCUT2D eigenvalue weighted by molar-refractivity contribution is 0.580. The Bertz CT molecular complexity index is 865. The molecule has 0 saturated heterocycles. The third-order valence-electron chi connectivity index (χ3n) is 4.17. The Morgan fingerprint density at radius 2 is 1.74 bits per heavy atom. The van der Waals surface area contributed by atoms with Crippen LogP contribution in [0.15, 0.2) is 53.5 Å². The highest BCUT2D eigenvalue weighted by Crippen LogP contribution is 2.09. The van der Waals surface area contributed by atoms with Crippen molar-refractivity contribution in [1.29, 1.82) is 0 Å². The summed E-state index contributed by atoms with van der Waals surface area (Å²) in [5, 5.41) is 6.26. The Kier molecular flexibility index (Phi) is 7.82. The van der Waals surface area contributed by atoms with Crippen molar-refractivity contribution in [1.82, 2.24) is 15.4 Å². The molecular formula is C20H28N4O2S. The second-order valence-electron chi connectivity index (χ2n) is 6.41. The standard InChI is InChI=1S/C20H28N4O2S/c1-16-9-10-19(17(2)13-16)15-23-20(21-3)22-11-12-27(25,26)24-14-18-7-5-4-6-8-18/h4-10,13,24H,11-12,14-15H2,1-3H3,(H2,21,22,23). The second-order valence-corrected chi connectivity index (χ2v) is 8.33. The SMILES string of the molecule is CN=C(NCCS(=O)(=O)NCc1ccccc1)NCc1ccc(C)cc1C. The molecule has 0 saturated carbocycles. The van der Waals surface area contributed by atoms with Gasteiger partial charge in [-0.05, 0) is 30.5 Å². The topological polar surface area (TPSA) is 82.6 Å². The normalized spacial score (nSPS) is 12.0. The van der Waals surface area contributed by atoms with Gasteiger partial charge in [0.1, 0.15) is 0 Å². The van der Waals surface area contributed by atoms with Gasteiger partial charge in [-0.1, -0.05) is 54.1 Å². The van der Waals surface area contributed by atoms with Crippen molar-refractivity contribution in [2.24, 2.45) is 4.99 Å². The van der Waals surface area contributed by atoms with Crippen LogP contribution >= 0.6 is 0 Å². The van der Waals surface area contributed by atoms with E-state index in [1.54, 1.807) is 7.05 Å². The number of nitrogens with zero attached hydrogens (tertiary/aromatic N) is 1. The smallest absolute Gasteiger partial charge is 0.213 e. The Morgan fingerprint density at radius 1 is 1.00 bits per heavy atom. The maximum absolute atomic E-state index is 12.1. The molecule has 0 spiro atoms. The van der Waals surface area contributed by atoms with E-state index in [1.807, 2.05) is 30.3 Å². The minimum Gasteiger partial charge on any atom is -0.355 e. The van der Waals surface area contributed by atoms with Crippen LogP contribution in [-0.4, -0.2) is 33.7 Å². The quantitative estimate of drug-likeness (QED) is 0.478. The molecule has 27 heavy (non-hydrogen) atoms. The maximum Gasteiger partial charge on any atom is 0.213 e. The van der Waals surface area contributed by atoms with Crippen LogP contribution in [0.5, 0.6) is 0 Å². The van der Waals surface area contributed by atoms with Crippen molar-refractivity contribution in [2.45, 2.75) is 26.9 Å². The van der Waals surface area contributed by atoms with E-state index in [-0.39, 0.29) is 12.3 Å². The summed E-state index contributed by atoms with van der Waals surface area (Å²) in [7, 11) is -1.69. The van der Waals surface area contributed by atoms with Crippen LogP contribution in [0.2, 0.25) is 0 Å². The molecule has 0 amide bonds. The summed E-state index contributed by atoms with van der Waals surface area (Å²) in [6, 6.07) is 15.7. The minimum absolute atomic E-state index is 0.0237. The number of sulfonamides is 1. The molecule has 2 aromatic rings. The number of guanidine groups is 1. The molecule has 0 unspecified atom stereocenters. The summed E-state index contributed by atoms with van der Waals surface area (Å²) >= 11 is 0. The first-order valence-corrected chi connectivity index (χ1v) is 10.6. The number of benzene rings is 2. The van der Waals surface area contributed by atoms with E-state index in [9.17, 15) is 8.42 Å². The fraction of sp³-hybridized carbons (Fsp3) is 0.350. The van der Waals surface area contributed by atoms with Gasteiger partial charge in [0, 0.05) is 26.7 Å². The largest absolute Gasteiger partial charge is 0.355 e. The highest BCUT2D eigenvalue weighted by Gasteiger charge is 2.10. The van der Waals surface area contributed by atoms with Gasteiger partial charge in [0.05, 0.1) is 5.75 Å². The first-order chi connectivity index (χ1) is 12.9. The fourth-order valence-electron chi connectivity index (χ4n) is 2.61. The van der Waals surface area contributed by atoms with E-state index in [0.29, 0.717) is 19.0 Å². The molecule has 6 nitrogen and oxygen atoms in total. The molecule has 0 fully saturated rings. The van der Waals surface area contributed by atoms with E-state index in [0.717, 1.165) is 5.56 Å². The summed E-state index contributed by atoms with van der Waals surface area (Å²) in [6.07, 6.45) is 0. The third kappa shape index (κ3) is 7.40. The predicted molar refractivity (Wildman–Crippen MR) is 111 cm³/mol. The Labute approximate surface area is 162 Å². The maximum atomic E-state index is 12.1. The Balaban J connectivity index is 1.76. The zero-order chi connectivity index (χ0) is 19.7. The van der Waals surface area contributed by atoms with Crippen LogP contribution in [0, 0.1) is 13.8 Å². The van der Waals surface area contributed by atoms with Crippen molar-refractivity contribution in [3.05, 3.63) is 70.8 Å². The molecule has 0 bridgehead atoms. The van der Waals surface area contributed by atoms with Gasteiger partial charge in [-0.25, -0.2) is 13.1 Å². The van der Waals surface area contributed by atoms with Crippen LogP contribution < -0.4 is 15.4 Å². The van der Waals surface area contributed by atoms with Crippen molar-refractivity contribution in [3.63, 3.8) is 0 Å². The average molecular weight is 389 g/mol. The molecule has 0 heterocycles. The molecule has 0 aliphatic rings. The lowest BCUT2D eigenvalue weighted by Crippen LogP contribution is -2.40. The molecule has 3 N–H and O–H groups in total. The van der Waals surface area contributed by atoms with E-state index in [1.165, 1.54) is 16.7 Å². The van der Waals surface area contributed by atoms with E-state index >= 15 is 0 Å². The summed E-state index contributed by atoms with van der Waals surface area (Å²) < 4.78 is 26.8. The molecule has 0 aliphatic carbocycles. The van der Waals surface area contributed by atoms with Crippen molar-refractivity contribution >= 4 is 16.0 Å². The molecule has 7 heteroatoms. The molecule has 146 valence electrons. The van der Waals surface area contributed by atoms with E-state index < -0.39 is 10.0 Å². The second kappa shape index (κ2) is 10.1. The molecule has 0 atom stereocenters.